The maximum atomic E-state index is 12.1. The van der Waals surface area contributed by atoms with Crippen LogP contribution in [0.2, 0.25) is 0 Å². The molecular formula is C16H19N5O3. The molecule has 0 atom stereocenters. The highest BCUT2D eigenvalue weighted by molar-refractivity contribution is 6.00. The van der Waals surface area contributed by atoms with E-state index in [-0.39, 0.29) is 16.8 Å². The van der Waals surface area contributed by atoms with Gasteiger partial charge < -0.3 is 0 Å². The number of nitro benzene ring substituents is 1. The van der Waals surface area contributed by atoms with E-state index < -0.39 is 10.8 Å². The fourth-order valence-corrected chi connectivity index (χ4v) is 1.92. The molecule has 126 valence electrons. The highest BCUT2D eigenvalue weighted by Gasteiger charge is 2.19. The van der Waals surface area contributed by atoms with E-state index in [1.54, 1.807) is 25.1 Å². The molecule has 1 aromatic carbocycles. The Morgan fingerprint density at radius 2 is 2.04 bits per heavy atom. The van der Waals surface area contributed by atoms with E-state index in [0.717, 1.165) is 5.69 Å². The third-order valence-corrected chi connectivity index (χ3v) is 3.42. The fourth-order valence-electron chi connectivity index (χ4n) is 1.92. The maximum Gasteiger partial charge on any atom is 0.291 e. The van der Waals surface area contributed by atoms with Gasteiger partial charge in [-0.25, -0.2) is 5.43 Å². The molecule has 24 heavy (non-hydrogen) atoms. The topological polar surface area (TPSA) is 113 Å². The summed E-state index contributed by atoms with van der Waals surface area (Å²) >= 11 is 0. The highest BCUT2D eigenvalue weighted by atomic mass is 16.6. The van der Waals surface area contributed by atoms with E-state index in [1.807, 2.05) is 20.8 Å². The highest BCUT2D eigenvalue weighted by Crippen LogP contribution is 2.20. The van der Waals surface area contributed by atoms with E-state index in [4.69, 9.17) is 0 Å². The average Bonchev–Trinajstić information content (AvgIpc) is 3.02. The van der Waals surface area contributed by atoms with Crippen molar-refractivity contribution in [3.63, 3.8) is 0 Å². The number of nitrogens with zero attached hydrogens (tertiary/aromatic N) is 3. The van der Waals surface area contributed by atoms with Gasteiger partial charge in [-0.2, -0.15) is 10.2 Å². The first kappa shape index (κ1) is 17.3. The van der Waals surface area contributed by atoms with Crippen molar-refractivity contribution in [2.24, 2.45) is 5.10 Å². The second-order valence-electron chi connectivity index (χ2n) is 6.36. The fraction of sp³-hybridized carbons (Fsp3) is 0.312. The van der Waals surface area contributed by atoms with E-state index in [9.17, 15) is 14.9 Å². The van der Waals surface area contributed by atoms with Crippen LogP contribution in [-0.4, -0.2) is 26.7 Å². The Morgan fingerprint density at radius 1 is 1.33 bits per heavy atom. The number of hydrazone groups is 1. The molecule has 1 heterocycles. The van der Waals surface area contributed by atoms with Gasteiger partial charge in [0.1, 0.15) is 0 Å². The molecule has 1 amide bonds. The minimum atomic E-state index is -0.479. The molecule has 0 saturated carbocycles. The predicted molar refractivity (Wildman–Crippen MR) is 90.1 cm³/mol. The number of rotatable bonds is 4. The van der Waals surface area contributed by atoms with Crippen LogP contribution >= 0.6 is 0 Å². The second-order valence-corrected chi connectivity index (χ2v) is 6.36. The summed E-state index contributed by atoms with van der Waals surface area (Å²) in [6.45, 7) is 7.68. The van der Waals surface area contributed by atoms with Crippen LogP contribution in [-0.2, 0) is 5.41 Å². The van der Waals surface area contributed by atoms with Gasteiger partial charge >= 0.3 is 0 Å². The summed E-state index contributed by atoms with van der Waals surface area (Å²) in [7, 11) is 0. The number of aromatic amines is 1. The van der Waals surface area contributed by atoms with Gasteiger partial charge in [0.2, 0.25) is 0 Å². The van der Waals surface area contributed by atoms with Crippen molar-refractivity contribution in [1.29, 1.82) is 0 Å². The minimum Gasteiger partial charge on any atom is -0.281 e. The lowest BCUT2D eigenvalue weighted by Gasteiger charge is -2.14. The van der Waals surface area contributed by atoms with Crippen LogP contribution in [0.5, 0.6) is 0 Å². The van der Waals surface area contributed by atoms with Crippen LogP contribution in [0.4, 0.5) is 5.69 Å². The maximum absolute atomic E-state index is 12.1. The summed E-state index contributed by atoms with van der Waals surface area (Å²) in [6, 6.07) is 7.72. The molecule has 0 bridgehead atoms. The van der Waals surface area contributed by atoms with Crippen LogP contribution in [0.1, 0.15) is 49.4 Å². The van der Waals surface area contributed by atoms with Gasteiger partial charge in [0, 0.05) is 28.8 Å². The van der Waals surface area contributed by atoms with Gasteiger partial charge in [-0.15, -0.1) is 0 Å². The van der Waals surface area contributed by atoms with Crippen molar-refractivity contribution < 1.29 is 9.72 Å². The van der Waals surface area contributed by atoms with Crippen LogP contribution in [0.3, 0.4) is 0 Å². The zero-order chi connectivity index (χ0) is 17.9. The molecule has 2 aromatic rings. The molecule has 0 aliphatic carbocycles. The molecular weight excluding hydrogens is 310 g/mol. The van der Waals surface area contributed by atoms with Crippen molar-refractivity contribution in [3.05, 3.63) is 57.4 Å². The van der Waals surface area contributed by atoms with Gasteiger partial charge in [-0.1, -0.05) is 32.9 Å². The summed E-state index contributed by atoms with van der Waals surface area (Å²) in [5, 5.41) is 21.6. The number of carbonyl (C=O) groups is 1. The number of benzene rings is 1. The molecule has 0 fully saturated rings. The quantitative estimate of drug-likeness (QED) is 0.510. The number of H-pyrrole nitrogens is 1. The van der Waals surface area contributed by atoms with Gasteiger partial charge in [0.15, 0.2) is 5.69 Å². The number of nitro groups is 1. The Morgan fingerprint density at radius 3 is 2.62 bits per heavy atom. The van der Waals surface area contributed by atoms with Crippen molar-refractivity contribution in [3.8, 4) is 0 Å². The van der Waals surface area contributed by atoms with E-state index in [1.165, 1.54) is 12.1 Å². The number of aromatic nitrogens is 2. The lowest BCUT2D eigenvalue weighted by molar-refractivity contribution is -0.384. The Balaban J connectivity index is 2.12. The molecule has 0 spiro atoms. The van der Waals surface area contributed by atoms with Gasteiger partial charge in [-0.3, -0.25) is 20.0 Å². The van der Waals surface area contributed by atoms with E-state index in [0.29, 0.717) is 11.3 Å². The van der Waals surface area contributed by atoms with Crippen molar-refractivity contribution in [2.75, 3.05) is 0 Å². The summed E-state index contributed by atoms with van der Waals surface area (Å²) < 4.78 is 0. The Bertz CT molecular complexity index is 802. The van der Waals surface area contributed by atoms with Gasteiger partial charge in [0.05, 0.1) is 10.6 Å². The van der Waals surface area contributed by atoms with Crippen molar-refractivity contribution >= 4 is 17.3 Å². The largest absolute Gasteiger partial charge is 0.291 e. The van der Waals surface area contributed by atoms with Crippen molar-refractivity contribution in [2.45, 2.75) is 33.1 Å². The standard InChI is InChI=1S/C16H19N5O3/c1-10(11-6-5-7-12(8-11)21(23)24)17-20-15(22)13-9-14(19-18-13)16(2,3)4/h5-9H,1-4H3,(H,18,19)(H,20,22)/b17-10-. The number of non-ortho nitro benzene ring substituents is 1. The first-order valence-electron chi connectivity index (χ1n) is 7.34. The minimum absolute atomic E-state index is 0.0319. The molecule has 8 heteroatoms. The summed E-state index contributed by atoms with van der Waals surface area (Å²) in [5.74, 6) is -0.452. The van der Waals surface area contributed by atoms with Crippen LogP contribution in [0, 0.1) is 10.1 Å². The first-order chi connectivity index (χ1) is 11.2. The molecule has 0 radical (unpaired) electrons. The normalized spacial score (nSPS) is 12.1. The number of nitrogens with one attached hydrogen (secondary N) is 2. The zero-order valence-corrected chi connectivity index (χ0v) is 14.0. The Labute approximate surface area is 139 Å². The van der Waals surface area contributed by atoms with Crippen LogP contribution in [0.25, 0.3) is 0 Å². The third kappa shape index (κ3) is 4.03. The Hall–Kier alpha value is -3.03. The number of hydrogen-bond donors (Lipinski definition) is 2. The lowest BCUT2D eigenvalue weighted by atomic mass is 9.92. The molecule has 0 aliphatic rings. The molecule has 2 rings (SSSR count). The van der Waals surface area contributed by atoms with Crippen molar-refractivity contribution in [1.82, 2.24) is 15.6 Å². The summed E-state index contributed by atoms with van der Waals surface area (Å²) in [5.41, 5.74) is 4.32. The van der Waals surface area contributed by atoms with Gasteiger partial charge in [0.25, 0.3) is 11.6 Å². The van der Waals surface area contributed by atoms with Crippen LogP contribution in [0.15, 0.2) is 35.4 Å². The van der Waals surface area contributed by atoms with E-state index >= 15 is 0 Å². The molecule has 0 aliphatic heterocycles. The number of amides is 1. The predicted octanol–water partition coefficient (Wildman–Crippen LogP) is 2.77. The summed E-state index contributed by atoms with van der Waals surface area (Å²) in [6.07, 6.45) is 0. The lowest BCUT2D eigenvalue weighted by Crippen LogP contribution is -2.19. The smallest absolute Gasteiger partial charge is 0.281 e. The monoisotopic (exact) mass is 329 g/mol. The molecule has 0 unspecified atom stereocenters. The third-order valence-electron chi connectivity index (χ3n) is 3.42. The summed E-state index contributed by atoms with van der Waals surface area (Å²) in [4.78, 5) is 22.4. The zero-order valence-electron chi connectivity index (χ0n) is 14.0. The molecule has 8 nitrogen and oxygen atoms in total. The molecule has 1 aromatic heterocycles. The number of carbonyl (C=O) groups excluding carboxylic acids is 1. The average molecular weight is 329 g/mol. The van der Waals surface area contributed by atoms with Gasteiger partial charge in [-0.05, 0) is 13.0 Å². The van der Waals surface area contributed by atoms with E-state index in [2.05, 4.69) is 20.7 Å². The van der Waals surface area contributed by atoms with Crippen LogP contribution < -0.4 is 5.43 Å². The first-order valence-corrected chi connectivity index (χ1v) is 7.34. The molecule has 2 N–H and O–H groups in total. The SMILES string of the molecule is C/C(=N/NC(=O)c1cc(C(C)(C)C)[nH]n1)c1cccc([N+](=O)[O-])c1. The molecule has 0 saturated heterocycles. The number of hydrogen-bond acceptors (Lipinski definition) is 5. The second kappa shape index (κ2) is 6.61. The Kier molecular flexibility index (Phi) is 4.77.